The lowest BCUT2D eigenvalue weighted by atomic mass is 10.3. The van der Waals surface area contributed by atoms with Crippen molar-refractivity contribution < 1.29 is 0 Å². The lowest BCUT2D eigenvalue weighted by molar-refractivity contribution is 1.18. The van der Waals surface area contributed by atoms with Gasteiger partial charge in [-0.15, -0.1) is 0 Å². The molecule has 0 saturated carbocycles. The van der Waals surface area contributed by atoms with Gasteiger partial charge in [0.25, 0.3) is 0 Å². The van der Waals surface area contributed by atoms with Crippen LogP contribution in [0.3, 0.4) is 0 Å². The molecule has 5 heteroatoms. The second kappa shape index (κ2) is 4.81. The second-order valence-electron chi connectivity index (χ2n) is 3.45. The highest BCUT2D eigenvalue weighted by atomic mass is 35.5. The summed E-state index contributed by atoms with van der Waals surface area (Å²) >= 11 is 5.90. The monoisotopic (exact) mass is 244 g/mol. The minimum Gasteiger partial charge on any atom is -0.325 e. The van der Waals surface area contributed by atoms with Gasteiger partial charge in [0.1, 0.15) is 17.7 Å². The van der Waals surface area contributed by atoms with Crippen LogP contribution in [0, 0.1) is 18.3 Å². The average molecular weight is 245 g/mol. The fourth-order valence-corrected chi connectivity index (χ4v) is 1.52. The highest BCUT2D eigenvalue weighted by Gasteiger charge is 2.03. The van der Waals surface area contributed by atoms with Gasteiger partial charge >= 0.3 is 0 Å². The van der Waals surface area contributed by atoms with Crippen molar-refractivity contribution in [2.24, 2.45) is 0 Å². The molecule has 2 aromatic rings. The highest BCUT2D eigenvalue weighted by Crippen LogP contribution is 2.19. The third-order valence-electron chi connectivity index (χ3n) is 2.12. The fourth-order valence-electron chi connectivity index (χ4n) is 1.33. The smallest absolute Gasteiger partial charge is 0.133 e. The molecule has 0 aromatic carbocycles. The van der Waals surface area contributed by atoms with Crippen LogP contribution in [0.4, 0.5) is 11.6 Å². The summed E-state index contributed by atoms with van der Waals surface area (Å²) in [5.74, 6) is 1.25. The van der Waals surface area contributed by atoms with Crippen molar-refractivity contribution in [3.8, 4) is 6.07 Å². The molecule has 0 unspecified atom stereocenters. The first kappa shape index (κ1) is 11.4. The molecule has 0 radical (unpaired) electrons. The van der Waals surface area contributed by atoms with E-state index in [1.165, 1.54) is 6.20 Å². The summed E-state index contributed by atoms with van der Waals surface area (Å²) in [6.45, 7) is 1.91. The van der Waals surface area contributed by atoms with Gasteiger partial charge in [-0.3, -0.25) is 0 Å². The largest absolute Gasteiger partial charge is 0.325 e. The number of halogens is 1. The van der Waals surface area contributed by atoms with E-state index in [1.54, 1.807) is 6.07 Å². The molecule has 0 aliphatic carbocycles. The summed E-state index contributed by atoms with van der Waals surface area (Å²) in [5, 5.41) is 12.1. The molecule has 0 amide bonds. The molecule has 0 aliphatic heterocycles. The van der Waals surface area contributed by atoms with Gasteiger partial charge < -0.3 is 5.32 Å². The van der Waals surface area contributed by atoms with Crippen molar-refractivity contribution in [1.29, 1.82) is 5.26 Å². The molecule has 0 atom stereocenters. The zero-order valence-electron chi connectivity index (χ0n) is 9.11. The Morgan fingerprint density at radius 3 is 2.82 bits per heavy atom. The summed E-state index contributed by atoms with van der Waals surface area (Å²) in [6.07, 6.45) is 1.43. The van der Waals surface area contributed by atoms with Crippen LogP contribution >= 0.6 is 11.6 Å². The summed E-state index contributed by atoms with van der Waals surface area (Å²) in [6, 6.07) is 9.20. The predicted molar refractivity (Wildman–Crippen MR) is 66.2 cm³/mol. The molecule has 2 rings (SSSR count). The van der Waals surface area contributed by atoms with Crippen molar-refractivity contribution in [2.45, 2.75) is 6.92 Å². The molecule has 0 aliphatic rings. The Kier molecular flexibility index (Phi) is 3.22. The lowest BCUT2D eigenvalue weighted by Gasteiger charge is -2.05. The third kappa shape index (κ3) is 2.71. The van der Waals surface area contributed by atoms with E-state index in [9.17, 15) is 0 Å². The number of hydrogen-bond donors (Lipinski definition) is 1. The number of nitriles is 1. The van der Waals surface area contributed by atoms with Crippen molar-refractivity contribution in [3.05, 3.63) is 46.7 Å². The quantitative estimate of drug-likeness (QED) is 0.882. The molecule has 0 fully saturated rings. The Balaban J connectivity index is 2.25. The molecule has 0 spiro atoms. The number of pyridine rings is 2. The van der Waals surface area contributed by atoms with E-state index in [4.69, 9.17) is 16.9 Å². The van der Waals surface area contributed by atoms with Crippen LogP contribution in [-0.2, 0) is 0 Å². The zero-order valence-corrected chi connectivity index (χ0v) is 9.86. The summed E-state index contributed by atoms with van der Waals surface area (Å²) in [4.78, 5) is 8.36. The van der Waals surface area contributed by atoms with E-state index in [-0.39, 0.29) is 0 Å². The topological polar surface area (TPSA) is 61.6 Å². The van der Waals surface area contributed by atoms with Gasteiger partial charge in [0.2, 0.25) is 0 Å². The second-order valence-corrected chi connectivity index (χ2v) is 3.86. The maximum Gasteiger partial charge on any atom is 0.133 e. The molecule has 2 aromatic heterocycles. The summed E-state index contributed by atoms with van der Waals surface area (Å²) < 4.78 is 0. The van der Waals surface area contributed by atoms with E-state index in [0.717, 1.165) is 5.69 Å². The van der Waals surface area contributed by atoms with Crippen LogP contribution < -0.4 is 5.32 Å². The molecule has 2 heterocycles. The van der Waals surface area contributed by atoms with Crippen LogP contribution in [0.15, 0.2) is 30.5 Å². The van der Waals surface area contributed by atoms with Gasteiger partial charge in [0.05, 0.1) is 10.6 Å². The standard InChI is InChI=1S/C12H9ClN4/c1-8-3-2-4-11(16-8)17-12-5-10(13)9(6-14)7-15-12/h2-5,7H,1H3,(H,15,16,17). The van der Waals surface area contributed by atoms with Gasteiger partial charge in [-0.1, -0.05) is 17.7 Å². The van der Waals surface area contributed by atoms with E-state index in [0.29, 0.717) is 22.2 Å². The van der Waals surface area contributed by atoms with Gasteiger partial charge in [0, 0.05) is 18.0 Å². The SMILES string of the molecule is Cc1cccc(Nc2cc(Cl)c(C#N)cn2)n1. The van der Waals surface area contributed by atoms with Crippen LogP contribution in [0.2, 0.25) is 5.02 Å². The first-order chi connectivity index (χ1) is 8.19. The molecule has 0 bridgehead atoms. The number of aromatic nitrogens is 2. The predicted octanol–water partition coefficient (Wildman–Crippen LogP) is 3.05. The Morgan fingerprint density at radius 1 is 1.35 bits per heavy atom. The lowest BCUT2D eigenvalue weighted by Crippen LogP contribution is -1.97. The van der Waals surface area contributed by atoms with E-state index >= 15 is 0 Å². The number of nitrogens with one attached hydrogen (secondary N) is 1. The minimum atomic E-state index is 0.356. The van der Waals surface area contributed by atoms with Crippen molar-refractivity contribution in [3.63, 3.8) is 0 Å². The van der Waals surface area contributed by atoms with Crippen LogP contribution in [0.25, 0.3) is 0 Å². The average Bonchev–Trinajstić information content (AvgIpc) is 2.29. The van der Waals surface area contributed by atoms with Crippen molar-refractivity contribution in [1.82, 2.24) is 9.97 Å². The zero-order chi connectivity index (χ0) is 12.3. The Morgan fingerprint density at radius 2 is 2.18 bits per heavy atom. The summed E-state index contributed by atoms with van der Waals surface area (Å²) in [7, 11) is 0. The van der Waals surface area contributed by atoms with Gasteiger partial charge in [0.15, 0.2) is 0 Å². The normalized spacial score (nSPS) is 9.71. The number of nitrogens with zero attached hydrogens (tertiary/aromatic N) is 3. The molecular weight excluding hydrogens is 236 g/mol. The minimum absolute atomic E-state index is 0.356. The molecular formula is C12H9ClN4. The first-order valence-electron chi connectivity index (χ1n) is 4.95. The van der Waals surface area contributed by atoms with E-state index < -0.39 is 0 Å². The van der Waals surface area contributed by atoms with Gasteiger partial charge in [-0.25, -0.2) is 9.97 Å². The molecule has 4 nitrogen and oxygen atoms in total. The fraction of sp³-hybridized carbons (Fsp3) is 0.0833. The summed E-state index contributed by atoms with van der Waals surface area (Å²) in [5.41, 5.74) is 1.27. The molecule has 84 valence electrons. The molecule has 0 saturated heterocycles. The number of hydrogen-bond acceptors (Lipinski definition) is 4. The third-order valence-corrected chi connectivity index (χ3v) is 2.43. The highest BCUT2D eigenvalue weighted by molar-refractivity contribution is 6.31. The Labute approximate surface area is 104 Å². The van der Waals surface area contributed by atoms with Crippen molar-refractivity contribution >= 4 is 23.2 Å². The maximum atomic E-state index is 8.73. The number of aryl methyl sites for hydroxylation is 1. The van der Waals surface area contributed by atoms with Crippen LogP contribution in [0.5, 0.6) is 0 Å². The van der Waals surface area contributed by atoms with E-state index in [1.807, 2.05) is 31.2 Å². The van der Waals surface area contributed by atoms with Gasteiger partial charge in [-0.2, -0.15) is 5.26 Å². The molecule has 17 heavy (non-hydrogen) atoms. The maximum absolute atomic E-state index is 8.73. The van der Waals surface area contributed by atoms with Crippen molar-refractivity contribution in [2.75, 3.05) is 5.32 Å². The van der Waals surface area contributed by atoms with Gasteiger partial charge in [-0.05, 0) is 19.1 Å². The molecule has 1 N–H and O–H groups in total. The number of rotatable bonds is 2. The van der Waals surface area contributed by atoms with Crippen LogP contribution in [0.1, 0.15) is 11.3 Å². The first-order valence-corrected chi connectivity index (χ1v) is 5.33. The van der Waals surface area contributed by atoms with Crippen LogP contribution in [-0.4, -0.2) is 9.97 Å². The van der Waals surface area contributed by atoms with E-state index in [2.05, 4.69) is 15.3 Å². The Hall–Kier alpha value is -2.12. The number of anilines is 2. The Bertz CT molecular complexity index is 589.